The lowest BCUT2D eigenvalue weighted by molar-refractivity contribution is -0.121. The molecule has 0 heterocycles. The number of carbonyl (C=O) groups is 1. The molecule has 14 heavy (non-hydrogen) atoms. The second-order valence-electron chi connectivity index (χ2n) is 3.72. The van der Waals surface area contributed by atoms with E-state index in [1.165, 1.54) is 7.05 Å². The predicted octanol–water partition coefficient (Wildman–Crippen LogP) is -0.350. The molecule has 0 aromatic carbocycles. The molecule has 84 valence electrons. The highest BCUT2D eigenvalue weighted by molar-refractivity contribution is 7.88. The molecule has 0 unspecified atom stereocenters. The number of rotatable bonds is 5. The summed E-state index contributed by atoms with van der Waals surface area (Å²) in [6.07, 6.45) is 1.07. The van der Waals surface area contributed by atoms with Crippen molar-refractivity contribution >= 4 is 15.9 Å². The Hall–Kier alpha value is -0.620. The van der Waals surface area contributed by atoms with Gasteiger partial charge in [-0.2, -0.15) is 4.31 Å². The first-order valence-corrected chi connectivity index (χ1v) is 6.26. The molecule has 0 radical (unpaired) electrons. The van der Waals surface area contributed by atoms with Gasteiger partial charge in [-0.3, -0.25) is 4.79 Å². The minimum atomic E-state index is -3.26. The van der Waals surface area contributed by atoms with Gasteiger partial charge in [0, 0.05) is 13.6 Å². The standard InChI is InChI=1S/C8H18N2O3S/c1-7(2)5-9-8(11)6-10(3)14(4,12)13/h7H,5-6H2,1-4H3,(H,9,11). The second kappa shape index (κ2) is 5.31. The Kier molecular flexibility index (Phi) is 5.07. The van der Waals surface area contributed by atoms with Gasteiger partial charge in [-0.1, -0.05) is 13.8 Å². The molecule has 5 nitrogen and oxygen atoms in total. The van der Waals surface area contributed by atoms with Gasteiger partial charge >= 0.3 is 0 Å². The lowest BCUT2D eigenvalue weighted by Crippen LogP contribution is -2.39. The van der Waals surface area contributed by atoms with Gasteiger partial charge in [-0.25, -0.2) is 8.42 Å². The van der Waals surface area contributed by atoms with Crippen molar-refractivity contribution in [3.8, 4) is 0 Å². The van der Waals surface area contributed by atoms with Crippen molar-refractivity contribution in [1.29, 1.82) is 0 Å². The Labute approximate surface area is 85.5 Å². The van der Waals surface area contributed by atoms with Crippen LogP contribution < -0.4 is 5.32 Å². The zero-order valence-corrected chi connectivity index (χ0v) is 9.89. The van der Waals surface area contributed by atoms with Crippen molar-refractivity contribution < 1.29 is 13.2 Å². The van der Waals surface area contributed by atoms with Gasteiger partial charge in [0.2, 0.25) is 15.9 Å². The van der Waals surface area contributed by atoms with Crippen molar-refractivity contribution in [2.24, 2.45) is 5.92 Å². The van der Waals surface area contributed by atoms with E-state index in [-0.39, 0.29) is 12.5 Å². The average Bonchev–Trinajstić information content (AvgIpc) is 1.99. The Morgan fingerprint density at radius 2 is 1.93 bits per heavy atom. The molecule has 0 aromatic heterocycles. The summed E-state index contributed by atoms with van der Waals surface area (Å²) >= 11 is 0. The molecule has 1 N–H and O–H groups in total. The molecule has 0 aliphatic rings. The van der Waals surface area contributed by atoms with E-state index >= 15 is 0 Å². The minimum Gasteiger partial charge on any atom is -0.355 e. The van der Waals surface area contributed by atoms with Crippen LogP contribution in [0.25, 0.3) is 0 Å². The minimum absolute atomic E-state index is 0.119. The van der Waals surface area contributed by atoms with E-state index in [0.29, 0.717) is 12.5 Å². The summed E-state index contributed by atoms with van der Waals surface area (Å²) < 4.78 is 22.9. The fourth-order valence-electron chi connectivity index (χ4n) is 0.693. The summed E-state index contributed by atoms with van der Waals surface area (Å²) in [6.45, 7) is 4.39. The number of likely N-dealkylation sites (N-methyl/N-ethyl adjacent to an activating group) is 1. The van der Waals surface area contributed by atoms with Crippen molar-refractivity contribution in [3.63, 3.8) is 0 Å². The van der Waals surface area contributed by atoms with Gasteiger partial charge in [0.1, 0.15) is 0 Å². The highest BCUT2D eigenvalue weighted by Gasteiger charge is 2.14. The maximum atomic E-state index is 11.2. The Bertz CT molecular complexity index is 285. The maximum absolute atomic E-state index is 11.2. The molecular formula is C8H18N2O3S. The third-order valence-corrected chi connectivity index (χ3v) is 2.90. The highest BCUT2D eigenvalue weighted by Crippen LogP contribution is 1.92. The van der Waals surface area contributed by atoms with E-state index in [9.17, 15) is 13.2 Å². The third-order valence-electron chi connectivity index (χ3n) is 1.64. The van der Waals surface area contributed by atoms with Crippen LogP contribution in [-0.4, -0.2) is 45.0 Å². The van der Waals surface area contributed by atoms with Crippen LogP contribution in [0.2, 0.25) is 0 Å². The average molecular weight is 222 g/mol. The molecule has 0 atom stereocenters. The summed E-state index contributed by atoms with van der Waals surface area (Å²) in [6, 6.07) is 0. The van der Waals surface area contributed by atoms with E-state index in [0.717, 1.165) is 10.6 Å². The Morgan fingerprint density at radius 3 is 2.29 bits per heavy atom. The summed E-state index contributed by atoms with van der Waals surface area (Å²) in [5, 5.41) is 2.64. The van der Waals surface area contributed by atoms with Crippen molar-refractivity contribution in [1.82, 2.24) is 9.62 Å². The number of amides is 1. The molecule has 6 heteroatoms. The molecule has 0 saturated carbocycles. The van der Waals surface area contributed by atoms with Gasteiger partial charge in [0.05, 0.1) is 12.8 Å². The summed E-state index contributed by atoms with van der Waals surface area (Å²) in [7, 11) is -1.88. The molecule has 0 saturated heterocycles. The zero-order chi connectivity index (χ0) is 11.4. The molecule has 0 rings (SSSR count). The van der Waals surface area contributed by atoms with Crippen LogP contribution in [0.3, 0.4) is 0 Å². The number of hydrogen-bond donors (Lipinski definition) is 1. The number of hydrogen-bond acceptors (Lipinski definition) is 3. The molecule has 0 bridgehead atoms. The topological polar surface area (TPSA) is 66.5 Å². The highest BCUT2D eigenvalue weighted by atomic mass is 32.2. The van der Waals surface area contributed by atoms with Gasteiger partial charge in [0.25, 0.3) is 0 Å². The molecular weight excluding hydrogens is 204 g/mol. The van der Waals surface area contributed by atoms with Gasteiger partial charge < -0.3 is 5.32 Å². The van der Waals surface area contributed by atoms with Gasteiger partial charge in [-0.15, -0.1) is 0 Å². The zero-order valence-electron chi connectivity index (χ0n) is 9.07. The van der Waals surface area contributed by atoms with Gasteiger partial charge in [-0.05, 0) is 5.92 Å². The SMILES string of the molecule is CC(C)CNC(=O)CN(C)S(C)(=O)=O. The van der Waals surface area contributed by atoms with Crippen LogP contribution in [0.5, 0.6) is 0 Å². The fraction of sp³-hybridized carbons (Fsp3) is 0.875. The quantitative estimate of drug-likeness (QED) is 0.691. The van der Waals surface area contributed by atoms with Crippen LogP contribution in [0.4, 0.5) is 0 Å². The van der Waals surface area contributed by atoms with E-state index in [1.54, 1.807) is 0 Å². The lowest BCUT2D eigenvalue weighted by Gasteiger charge is -2.14. The number of sulfonamides is 1. The van der Waals surface area contributed by atoms with Crippen LogP contribution in [0.15, 0.2) is 0 Å². The molecule has 0 fully saturated rings. The molecule has 1 amide bonds. The van der Waals surface area contributed by atoms with Crippen LogP contribution >= 0.6 is 0 Å². The van der Waals surface area contributed by atoms with E-state index in [2.05, 4.69) is 5.32 Å². The van der Waals surface area contributed by atoms with E-state index in [4.69, 9.17) is 0 Å². The van der Waals surface area contributed by atoms with Crippen LogP contribution in [0.1, 0.15) is 13.8 Å². The third kappa shape index (κ3) is 5.93. The first-order valence-electron chi connectivity index (χ1n) is 4.41. The molecule has 0 aromatic rings. The normalized spacial score (nSPS) is 12.1. The fourth-order valence-corrected chi connectivity index (χ4v) is 1.05. The van der Waals surface area contributed by atoms with Crippen LogP contribution in [0, 0.1) is 5.92 Å². The summed E-state index contributed by atoms with van der Waals surface area (Å²) in [5.41, 5.74) is 0. The molecule has 0 spiro atoms. The van der Waals surface area contributed by atoms with Crippen molar-refractivity contribution in [3.05, 3.63) is 0 Å². The Morgan fingerprint density at radius 1 is 1.43 bits per heavy atom. The predicted molar refractivity (Wildman–Crippen MR) is 55.3 cm³/mol. The summed E-state index contributed by atoms with van der Waals surface area (Å²) in [4.78, 5) is 11.2. The van der Waals surface area contributed by atoms with E-state index in [1.807, 2.05) is 13.8 Å². The second-order valence-corrected chi connectivity index (χ2v) is 5.81. The van der Waals surface area contributed by atoms with Gasteiger partial charge in [0.15, 0.2) is 0 Å². The van der Waals surface area contributed by atoms with Crippen molar-refractivity contribution in [2.75, 3.05) is 26.4 Å². The monoisotopic (exact) mass is 222 g/mol. The largest absolute Gasteiger partial charge is 0.355 e. The maximum Gasteiger partial charge on any atom is 0.235 e. The smallest absolute Gasteiger partial charge is 0.235 e. The van der Waals surface area contributed by atoms with E-state index < -0.39 is 10.0 Å². The first-order chi connectivity index (χ1) is 6.23. The summed E-state index contributed by atoms with van der Waals surface area (Å²) in [5.74, 6) is 0.0918. The Balaban J connectivity index is 3.96. The molecule has 0 aliphatic heterocycles. The van der Waals surface area contributed by atoms with Crippen LogP contribution in [-0.2, 0) is 14.8 Å². The number of nitrogens with one attached hydrogen (secondary N) is 1. The van der Waals surface area contributed by atoms with Crippen molar-refractivity contribution in [2.45, 2.75) is 13.8 Å². The molecule has 0 aliphatic carbocycles. The lowest BCUT2D eigenvalue weighted by atomic mass is 10.2. The first kappa shape index (κ1) is 13.4. The number of carbonyl (C=O) groups excluding carboxylic acids is 1. The number of nitrogens with zero attached hydrogens (tertiary/aromatic N) is 1.